The molecular formula is C26H25N5. The van der Waals surface area contributed by atoms with E-state index in [1.165, 1.54) is 5.69 Å². The average Bonchev–Trinajstić information content (AvgIpc) is 3.23. The van der Waals surface area contributed by atoms with E-state index in [0.29, 0.717) is 12.1 Å². The Bertz CT molecular complexity index is 1260. The second-order valence-electron chi connectivity index (χ2n) is 8.20. The number of hydrogen-bond acceptors (Lipinski definition) is 4. The lowest BCUT2D eigenvalue weighted by Gasteiger charge is -2.41. The first-order valence-electron chi connectivity index (χ1n) is 10.6. The molecule has 5 heteroatoms. The first kappa shape index (κ1) is 19.3. The topological polar surface area (TPSA) is 45.5 Å². The zero-order valence-electron chi connectivity index (χ0n) is 17.8. The van der Waals surface area contributed by atoms with Gasteiger partial charge in [-0.1, -0.05) is 30.2 Å². The number of aromatic nitrogens is 3. The second-order valence-corrected chi connectivity index (χ2v) is 8.20. The summed E-state index contributed by atoms with van der Waals surface area (Å²) in [6.45, 7) is 6.56. The van der Waals surface area contributed by atoms with Gasteiger partial charge in [-0.2, -0.15) is 5.10 Å². The first-order valence-corrected chi connectivity index (χ1v) is 10.6. The van der Waals surface area contributed by atoms with Gasteiger partial charge in [0.2, 0.25) is 0 Å². The predicted molar refractivity (Wildman–Crippen MR) is 126 cm³/mol. The number of anilines is 1. The molecule has 4 aromatic rings. The molecule has 2 aromatic carbocycles. The van der Waals surface area contributed by atoms with Gasteiger partial charge in [0.05, 0.1) is 6.20 Å². The van der Waals surface area contributed by atoms with Gasteiger partial charge in [0.25, 0.3) is 0 Å². The molecule has 0 aliphatic carbocycles. The number of hydrogen-bond donors (Lipinski definition) is 1. The van der Waals surface area contributed by atoms with Crippen LogP contribution in [0.1, 0.15) is 19.4 Å². The maximum absolute atomic E-state index is 5.55. The molecule has 0 unspecified atom stereocenters. The van der Waals surface area contributed by atoms with Crippen LogP contribution in [0.15, 0.2) is 67.1 Å². The first-order chi connectivity index (χ1) is 15.1. The van der Waals surface area contributed by atoms with E-state index in [4.69, 9.17) is 11.4 Å². The summed E-state index contributed by atoms with van der Waals surface area (Å²) in [5.41, 5.74) is 7.08. The smallest absolute Gasteiger partial charge is 0.162 e. The van der Waals surface area contributed by atoms with Crippen molar-refractivity contribution in [3.8, 4) is 34.6 Å². The second kappa shape index (κ2) is 7.90. The van der Waals surface area contributed by atoms with Gasteiger partial charge in [0, 0.05) is 59.9 Å². The predicted octanol–water partition coefficient (Wildman–Crippen LogP) is 4.23. The molecular weight excluding hydrogens is 382 g/mol. The number of nitrogens with one attached hydrogen (secondary N) is 1. The summed E-state index contributed by atoms with van der Waals surface area (Å²) in [5, 5.41) is 8.02. The van der Waals surface area contributed by atoms with Crippen LogP contribution >= 0.6 is 0 Å². The van der Waals surface area contributed by atoms with Gasteiger partial charge in [-0.15, -0.1) is 6.42 Å². The Kier molecular flexibility index (Phi) is 4.93. The van der Waals surface area contributed by atoms with Gasteiger partial charge >= 0.3 is 0 Å². The third kappa shape index (κ3) is 3.56. The zero-order chi connectivity index (χ0) is 21.4. The summed E-state index contributed by atoms with van der Waals surface area (Å²) < 4.78 is 1.83. The molecule has 2 atom stereocenters. The zero-order valence-corrected chi connectivity index (χ0v) is 17.8. The summed E-state index contributed by atoms with van der Waals surface area (Å²) >= 11 is 0. The Morgan fingerprint density at radius 1 is 0.968 bits per heavy atom. The molecule has 1 aliphatic rings. The van der Waals surface area contributed by atoms with E-state index in [0.717, 1.165) is 46.6 Å². The molecule has 1 saturated heterocycles. The molecule has 3 heterocycles. The summed E-state index contributed by atoms with van der Waals surface area (Å²) in [4.78, 5) is 7.21. The van der Waals surface area contributed by atoms with Crippen molar-refractivity contribution in [1.82, 2.24) is 19.9 Å². The lowest BCUT2D eigenvalue weighted by atomic mass is 10.0. The number of piperazine rings is 1. The third-order valence-corrected chi connectivity index (χ3v) is 6.02. The Hall–Kier alpha value is -3.62. The molecule has 1 aliphatic heterocycles. The highest BCUT2D eigenvalue weighted by molar-refractivity contribution is 5.78. The van der Waals surface area contributed by atoms with E-state index in [9.17, 15) is 0 Å². The lowest BCUT2D eigenvalue weighted by molar-refractivity contribution is 0.432. The van der Waals surface area contributed by atoms with E-state index in [1.54, 1.807) is 0 Å². The van der Waals surface area contributed by atoms with Gasteiger partial charge in [0.1, 0.15) is 0 Å². The molecule has 0 amide bonds. The highest BCUT2D eigenvalue weighted by Gasteiger charge is 2.24. The van der Waals surface area contributed by atoms with Gasteiger partial charge in [0.15, 0.2) is 5.65 Å². The van der Waals surface area contributed by atoms with Crippen LogP contribution in [0.25, 0.3) is 27.9 Å². The van der Waals surface area contributed by atoms with Crippen molar-refractivity contribution < 1.29 is 0 Å². The van der Waals surface area contributed by atoms with Crippen LogP contribution in [0.5, 0.6) is 0 Å². The summed E-state index contributed by atoms with van der Waals surface area (Å²) in [6.07, 6.45) is 11.3. The van der Waals surface area contributed by atoms with E-state index >= 15 is 0 Å². The van der Waals surface area contributed by atoms with Crippen LogP contribution in [-0.4, -0.2) is 39.8 Å². The molecule has 5 rings (SSSR count). The van der Waals surface area contributed by atoms with Crippen molar-refractivity contribution in [3.63, 3.8) is 0 Å². The molecule has 0 radical (unpaired) electrons. The minimum atomic E-state index is 0.475. The van der Waals surface area contributed by atoms with Gasteiger partial charge in [-0.3, -0.25) is 0 Å². The van der Waals surface area contributed by atoms with E-state index < -0.39 is 0 Å². The molecule has 5 nitrogen and oxygen atoms in total. The fourth-order valence-electron chi connectivity index (χ4n) is 4.47. The Balaban J connectivity index is 1.45. The van der Waals surface area contributed by atoms with Crippen molar-refractivity contribution in [2.24, 2.45) is 0 Å². The van der Waals surface area contributed by atoms with Crippen molar-refractivity contribution in [2.45, 2.75) is 25.9 Å². The Morgan fingerprint density at radius 2 is 1.74 bits per heavy atom. The number of terminal acetylenes is 1. The molecule has 154 valence electrons. The quantitative estimate of drug-likeness (QED) is 0.516. The van der Waals surface area contributed by atoms with Crippen LogP contribution < -0.4 is 10.2 Å². The van der Waals surface area contributed by atoms with E-state index in [1.807, 2.05) is 47.4 Å². The fraction of sp³-hybridized carbons (Fsp3) is 0.231. The highest BCUT2D eigenvalue weighted by atomic mass is 15.2. The maximum atomic E-state index is 5.55. The lowest BCUT2D eigenvalue weighted by Crippen LogP contribution is -2.55. The molecule has 0 saturated carbocycles. The average molecular weight is 408 g/mol. The Labute approximate surface area is 182 Å². The van der Waals surface area contributed by atoms with Gasteiger partial charge in [-0.05, 0) is 49.2 Å². The Morgan fingerprint density at radius 3 is 2.48 bits per heavy atom. The molecule has 2 aromatic heterocycles. The van der Waals surface area contributed by atoms with Gasteiger partial charge < -0.3 is 10.2 Å². The normalized spacial score (nSPS) is 18.8. The van der Waals surface area contributed by atoms with Crippen molar-refractivity contribution in [2.75, 3.05) is 18.0 Å². The minimum absolute atomic E-state index is 0.475. The SMILES string of the molecule is C#Cc1cccc(-c2cnn3cc(-c4ccc(N5[C@H](C)CNC[C@@H]5C)cc4)cnc23)c1. The summed E-state index contributed by atoms with van der Waals surface area (Å²) in [7, 11) is 0. The van der Waals surface area contributed by atoms with E-state index in [-0.39, 0.29) is 0 Å². The van der Waals surface area contributed by atoms with Crippen molar-refractivity contribution >= 4 is 11.3 Å². The summed E-state index contributed by atoms with van der Waals surface area (Å²) in [6, 6.07) is 17.6. The van der Waals surface area contributed by atoms with Crippen LogP contribution in [0.3, 0.4) is 0 Å². The monoisotopic (exact) mass is 407 g/mol. The number of benzene rings is 2. The molecule has 31 heavy (non-hydrogen) atoms. The fourth-order valence-corrected chi connectivity index (χ4v) is 4.47. The molecule has 0 bridgehead atoms. The van der Waals surface area contributed by atoms with Gasteiger partial charge in [-0.25, -0.2) is 9.50 Å². The van der Waals surface area contributed by atoms with Crippen molar-refractivity contribution in [3.05, 3.63) is 72.7 Å². The van der Waals surface area contributed by atoms with Crippen LogP contribution in [0.2, 0.25) is 0 Å². The van der Waals surface area contributed by atoms with Crippen LogP contribution in [0, 0.1) is 12.3 Å². The van der Waals surface area contributed by atoms with E-state index in [2.05, 4.69) is 59.3 Å². The third-order valence-electron chi connectivity index (χ3n) is 6.02. The standard InChI is InChI=1S/C26H25N5/c1-4-20-6-5-7-22(12-20)25-16-29-30-17-23(15-28-26(25)30)21-8-10-24(11-9-21)31-18(2)13-27-14-19(31)3/h1,5-12,15-19,27H,13-14H2,2-3H3/t18-,19+. The largest absolute Gasteiger partial charge is 0.364 e. The molecule has 0 spiro atoms. The van der Waals surface area contributed by atoms with Crippen LogP contribution in [0.4, 0.5) is 5.69 Å². The maximum Gasteiger partial charge on any atom is 0.162 e. The van der Waals surface area contributed by atoms with Crippen LogP contribution in [-0.2, 0) is 0 Å². The summed E-state index contributed by atoms with van der Waals surface area (Å²) in [5.74, 6) is 2.69. The number of nitrogens with zero attached hydrogens (tertiary/aromatic N) is 4. The minimum Gasteiger partial charge on any atom is -0.364 e. The number of fused-ring (bicyclic) bond motifs is 1. The van der Waals surface area contributed by atoms with Crippen molar-refractivity contribution in [1.29, 1.82) is 0 Å². The molecule has 1 N–H and O–H groups in total. The molecule has 1 fully saturated rings. The number of rotatable bonds is 3. The highest BCUT2D eigenvalue weighted by Crippen LogP contribution is 2.28.